The highest BCUT2D eigenvalue weighted by molar-refractivity contribution is 9.11. The number of carbonyl (C=O) groups excluding carboxylic acids is 1. The van der Waals surface area contributed by atoms with E-state index in [1.165, 1.54) is 11.3 Å². The molecular formula is C11H6BrClOS. The lowest BCUT2D eigenvalue weighted by Gasteiger charge is -1.99. The highest BCUT2D eigenvalue weighted by Gasteiger charge is 2.13. The fraction of sp³-hybridized carbons (Fsp3) is 0. The van der Waals surface area contributed by atoms with Crippen LogP contribution in [0.3, 0.4) is 0 Å². The molecule has 1 aromatic heterocycles. The van der Waals surface area contributed by atoms with Gasteiger partial charge in [0, 0.05) is 5.56 Å². The number of hydrogen-bond acceptors (Lipinski definition) is 2. The Labute approximate surface area is 105 Å². The zero-order valence-electron chi connectivity index (χ0n) is 7.54. The van der Waals surface area contributed by atoms with Crippen molar-refractivity contribution in [2.45, 2.75) is 0 Å². The third-order valence-corrected chi connectivity index (χ3v) is 3.87. The second-order valence-electron chi connectivity index (χ2n) is 2.91. The molecule has 0 amide bonds. The Kier molecular flexibility index (Phi) is 3.24. The van der Waals surface area contributed by atoms with Gasteiger partial charge >= 0.3 is 0 Å². The van der Waals surface area contributed by atoms with Crippen LogP contribution in [-0.4, -0.2) is 5.78 Å². The van der Waals surface area contributed by atoms with Crippen molar-refractivity contribution in [3.8, 4) is 0 Å². The van der Waals surface area contributed by atoms with E-state index in [0.717, 1.165) is 3.79 Å². The molecule has 15 heavy (non-hydrogen) atoms. The van der Waals surface area contributed by atoms with E-state index in [1.54, 1.807) is 18.2 Å². The van der Waals surface area contributed by atoms with Gasteiger partial charge in [0.05, 0.1) is 13.7 Å². The van der Waals surface area contributed by atoms with Crippen molar-refractivity contribution in [1.82, 2.24) is 0 Å². The van der Waals surface area contributed by atoms with Crippen LogP contribution in [0, 0.1) is 0 Å². The molecule has 0 N–H and O–H groups in total. The third kappa shape index (κ3) is 2.30. The minimum absolute atomic E-state index is 0.0312. The van der Waals surface area contributed by atoms with Gasteiger partial charge in [-0.15, -0.1) is 11.3 Å². The molecule has 1 nitrogen and oxygen atoms in total. The number of benzene rings is 1. The minimum atomic E-state index is -0.0312. The molecule has 0 aliphatic heterocycles. The molecule has 1 aromatic carbocycles. The molecule has 76 valence electrons. The Morgan fingerprint density at radius 3 is 2.53 bits per heavy atom. The largest absolute Gasteiger partial charge is 0.288 e. The minimum Gasteiger partial charge on any atom is -0.288 e. The summed E-state index contributed by atoms with van der Waals surface area (Å²) in [6.07, 6.45) is 0. The average Bonchev–Trinajstić information content (AvgIpc) is 2.65. The van der Waals surface area contributed by atoms with Gasteiger partial charge in [-0.05, 0) is 40.2 Å². The summed E-state index contributed by atoms with van der Waals surface area (Å²) in [6, 6.07) is 10.7. The molecule has 0 aliphatic rings. The lowest BCUT2D eigenvalue weighted by molar-refractivity contribution is 0.104. The first-order valence-electron chi connectivity index (χ1n) is 4.23. The standard InChI is InChI=1S/C11H6BrClOS/c12-10-6-5-9(15-10)11(14)7-3-1-2-4-8(7)13/h1-6H. The first kappa shape index (κ1) is 10.9. The van der Waals surface area contributed by atoms with Crippen molar-refractivity contribution in [3.05, 3.63) is 55.6 Å². The topological polar surface area (TPSA) is 17.1 Å². The quantitative estimate of drug-likeness (QED) is 0.752. The molecule has 0 fully saturated rings. The predicted molar refractivity (Wildman–Crippen MR) is 66.9 cm³/mol. The third-order valence-electron chi connectivity index (χ3n) is 1.92. The normalized spacial score (nSPS) is 10.3. The Balaban J connectivity index is 2.41. The van der Waals surface area contributed by atoms with E-state index >= 15 is 0 Å². The van der Waals surface area contributed by atoms with E-state index in [1.807, 2.05) is 18.2 Å². The Hall–Kier alpha value is -0.640. The number of ketones is 1. The number of halogens is 2. The van der Waals surface area contributed by atoms with Crippen molar-refractivity contribution in [2.24, 2.45) is 0 Å². The summed E-state index contributed by atoms with van der Waals surface area (Å²) in [7, 11) is 0. The molecule has 0 atom stereocenters. The molecule has 0 aliphatic carbocycles. The fourth-order valence-electron chi connectivity index (χ4n) is 1.21. The molecule has 4 heteroatoms. The van der Waals surface area contributed by atoms with Crippen LogP contribution in [0.5, 0.6) is 0 Å². The molecule has 0 saturated heterocycles. The van der Waals surface area contributed by atoms with Crippen molar-refractivity contribution < 1.29 is 4.79 Å². The van der Waals surface area contributed by atoms with Crippen LogP contribution >= 0.6 is 38.9 Å². The molecule has 2 aromatic rings. The van der Waals surface area contributed by atoms with Gasteiger partial charge in [0.25, 0.3) is 0 Å². The molecule has 2 rings (SSSR count). The summed E-state index contributed by atoms with van der Waals surface area (Å²) >= 11 is 10.7. The van der Waals surface area contributed by atoms with Gasteiger partial charge in [0.1, 0.15) is 0 Å². The monoisotopic (exact) mass is 300 g/mol. The van der Waals surface area contributed by atoms with Gasteiger partial charge in [0.15, 0.2) is 0 Å². The van der Waals surface area contributed by atoms with Gasteiger partial charge in [-0.2, -0.15) is 0 Å². The number of hydrogen-bond donors (Lipinski definition) is 0. The van der Waals surface area contributed by atoms with Crippen molar-refractivity contribution in [2.75, 3.05) is 0 Å². The van der Waals surface area contributed by atoms with Crippen LogP contribution < -0.4 is 0 Å². The fourth-order valence-corrected chi connectivity index (χ4v) is 2.78. The van der Waals surface area contributed by atoms with Crippen LogP contribution in [0.4, 0.5) is 0 Å². The number of carbonyl (C=O) groups is 1. The van der Waals surface area contributed by atoms with E-state index < -0.39 is 0 Å². The zero-order valence-corrected chi connectivity index (χ0v) is 10.7. The second kappa shape index (κ2) is 4.47. The zero-order chi connectivity index (χ0) is 10.8. The molecule has 0 bridgehead atoms. The Morgan fingerprint density at radius 1 is 1.20 bits per heavy atom. The average molecular weight is 302 g/mol. The van der Waals surface area contributed by atoms with Crippen LogP contribution in [0.25, 0.3) is 0 Å². The van der Waals surface area contributed by atoms with Gasteiger partial charge in [-0.3, -0.25) is 4.79 Å². The van der Waals surface area contributed by atoms with Crippen LogP contribution in [-0.2, 0) is 0 Å². The number of rotatable bonds is 2. The smallest absolute Gasteiger partial charge is 0.204 e. The maximum Gasteiger partial charge on any atom is 0.204 e. The van der Waals surface area contributed by atoms with Crippen LogP contribution in [0.15, 0.2) is 40.2 Å². The van der Waals surface area contributed by atoms with Crippen LogP contribution in [0.2, 0.25) is 5.02 Å². The lowest BCUT2D eigenvalue weighted by atomic mass is 10.1. The van der Waals surface area contributed by atoms with Crippen LogP contribution in [0.1, 0.15) is 15.2 Å². The number of thiophene rings is 1. The molecular weight excluding hydrogens is 296 g/mol. The lowest BCUT2D eigenvalue weighted by Crippen LogP contribution is -1.98. The van der Waals surface area contributed by atoms with E-state index in [0.29, 0.717) is 15.5 Å². The van der Waals surface area contributed by atoms with Crippen molar-refractivity contribution in [3.63, 3.8) is 0 Å². The summed E-state index contributed by atoms with van der Waals surface area (Å²) in [5.41, 5.74) is 0.550. The maximum absolute atomic E-state index is 12.0. The first-order valence-corrected chi connectivity index (χ1v) is 6.22. The van der Waals surface area contributed by atoms with Gasteiger partial charge in [-0.25, -0.2) is 0 Å². The molecule has 0 radical (unpaired) electrons. The molecule has 1 heterocycles. The Bertz CT molecular complexity index is 507. The molecule has 0 spiro atoms. The van der Waals surface area contributed by atoms with E-state index in [2.05, 4.69) is 15.9 Å². The highest BCUT2D eigenvalue weighted by Crippen LogP contribution is 2.26. The van der Waals surface area contributed by atoms with Gasteiger partial charge < -0.3 is 0 Å². The first-order chi connectivity index (χ1) is 7.18. The van der Waals surface area contributed by atoms with Crippen molar-refractivity contribution in [1.29, 1.82) is 0 Å². The van der Waals surface area contributed by atoms with E-state index in [9.17, 15) is 4.79 Å². The van der Waals surface area contributed by atoms with Gasteiger partial charge in [-0.1, -0.05) is 23.7 Å². The summed E-state index contributed by atoms with van der Waals surface area (Å²) in [5, 5.41) is 0.493. The summed E-state index contributed by atoms with van der Waals surface area (Å²) in [5.74, 6) is -0.0312. The van der Waals surface area contributed by atoms with Crippen molar-refractivity contribution >= 4 is 44.7 Å². The summed E-state index contributed by atoms with van der Waals surface area (Å²) in [4.78, 5) is 12.7. The maximum atomic E-state index is 12.0. The molecule has 0 saturated carbocycles. The predicted octanol–water partition coefficient (Wildman–Crippen LogP) is 4.40. The summed E-state index contributed by atoms with van der Waals surface area (Å²) in [6.45, 7) is 0. The SMILES string of the molecule is O=C(c1ccc(Br)s1)c1ccccc1Cl. The van der Waals surface area contributed by atoms with E-state index in [4.69, 9.17) is 11.6 Å². The molecule has 0 unspecified atom stereocenters. The summed E-state index contributed by atoms with van der Waals surface area (Å²) < 4.78 is 0.943. The Morgan fingerprint density at radius 2 is 1.93 bits per heavy atom. The highest BCUT2D eigenvalue weighted by atomic mass is 79.9. The van der Waals surface area contributed by atoms with E-state index in [-0.39, 0.29) is 5.78 Å². The van der Waals surface area contributed by atoms with Gasteiger partial charge in [0.2, 0.25) is 5.78 Å². The second-order valence-corrected chi connectivity index (χ2v) is 5.78.